The second kappa shape index (κ2) is 8.54. The zero-order chi connectivity index (χ0) is 23.8. The van der Waals surface area contributed by atoms with Gasteiger partial charge in [-0.15, -0.1) is 0 Å². The zero-order valence-corrected chi connectivity index (χ0v) is 17.6. The molecule has 0 fully saturated rings. The Balaban J connectivity index is 1.53. The van der Waals surface area contributed by atoms with Crippen LogP contribution in [0.1, 0.15) is 16.8 Å². The lowest BCUT2D eigenvalue weighted by Gasteiger charge is -2.10. The van der Waals surface area contributed by atoms with Crippen LogP contribution in [0.5, 0.6) is 11.6 Å². The van der Waals surface area contributed by atoms with Crippen LogP contribution in [-0.2, 0) is 31.0 Å². The third kappa shape index (κ3) is 4.64. The van der Waals surface area contributed by atoms with E-state index in [0.29, 0.717) is 27.8 Å². The van der Waals surface area contributed by atoms with Crippen LogP contribution >= 0.6 is 0 Å². The first-order chi connectivity index (χ1) is 15.6. The standard InChI is InChI=1S/C25H20F3NO4/c1-29-22(13-23(30)31)20-10-9-19(12-21(20)24(29)32)33-14-15-3-2-4-17(11-15)16-5-7-18(8-6-16)25(26,27)28/h2-12,32H,13-14H2,1H3,(H,30,31). The summed E-state index contributed by atoms with van der Waals surface area (Å²) in [5, 5.41) is 20.6. The molecule has 4 aromatic rings. The zero-order valence-electron chi connectivity index (χ0n) is 17.6. The van der Waals surface area contributed by atoms with Crippen LogP contribution in [0.3, 0.4) is 0 Å². The number of alkyl halides is 3. The maximum absolute atomic E-state index is 12.8. The minimum absolute atomic E-state index is 0.0454. The van der Waals surface area contributed by atoms with Crippen molar-refractivity contribution in [3.05, 3.63) is 83.6 Å². The number of benzene rings is 3. The van der Waals surface area contributed by atoms with Gasteiger partial charge in [-0.1, -0.05) is 30.3 Å². The molecule has 0 amide bonds. The molecule has 0 unspecified atom stereocenters. The van der Waals surface area contributed by atoms with Gasteiger partial charge in [-0.2, -0.15) is 13.2 Å². The molecule has 0 aliphatic heterocycles. The second-order valence-electron chi connectivity index (χ2n) is 7.67. The molecule has 3 aromatic carbocycles. The summed E-state index contributed by atoms with van der Waals surface area (Å²) in [6.07, 6.45) is -4.60. The van der Waals surface area contributed by atoms with Crippen molar-refractivity contribution in [3.8, 4) is 22.8 Å². The van der Waals surface area contributed by atoms with Gasteiger partial charge in [0.2, 0.25) is 0 Å². The van der Waals surface area contributed by atoms with Gasteiger partial charge in [0.1, 0.15) is 12.4 Å². The van der Waals surface area contributed by atoms with Crippen LogP contribution in [0.2, 0.25) is 0 Å². The number of rotatable bonds is 6. The van der Waals surface area contributed by atoms with E-state index in [9.17, 15) is 23.1 Å². The number of carbonyl (C=O) groups is 1. The van der Waals surface area contributed by atoms with E-state index in [4.69, 9.17) is 9.84 Å². The molecule has 8 heteroatoms. The smallest absolute Gasteiger partial charge is 0.416 e. The van der Waals surface area contributed by atoms with Gasteiger partial charge in [0, 0.05) is 23.5 Å². The number of halogens is 3. The molecule has 170 valence electrons. The number of aromatic nitrogens is 1. The van der Waals surface area contributed by atoms with E-state index >= 15 is 0 Å². The average molecular weight is 455 g/mol. The topological polar surface area (TPSA) is 71.7 Å². The molecule has 0 aliphatic rings. The van der Waals surface area contributed by atoms with Crippen molar-refractivity contribution in [1.29, 1.82) is 0 Å². The first-order valence-corrected chi connectivity index (χ1v) is 10.0. The van der Waals surface area contributed by atoms with Gasteiger partial charge in [-0.25, -0.2) is 0 Å². The summed E-state index contributed by atoms with van der Waals surface area (Å²) < 4.78 is 45.7. The number of carboxylic acid groups (broad SMARTS) is 1. The summed E-state index contributed by atoms with van der Waals surface area (Å²) in [6, 6.07) is 17.3. The summed E-state index contributed by atoms with van der Waals surface area (Å²) in [5.74, 6) is -0.549. The highest BCUT2D eigenvalue weighted by Crippen LogP contribution is 2.34. The normalized spacial score (nSPS) is 11.6. The summed E-state index contributed by atoms with van der Waals surface area (Å²) in [5.41, 5.74) is 2.03. The Kier molecular flexibility index (Phi) is 5.76. The number of hydrogen-bond acceptors (Lipinski definition) is 3. The highest BCUT2D eigenvalue weighted by molar-refractivity contribution is 5.94. The monoisotopic (exact) mass is 455 g/mol. The molecule has 2 N–H and O–H groups in total. The van der Waals surface area contributed by atoms with Gasteiger partial charge in [0.15, 0.2) is 5.88 Å². The van der Waals surface area contributed by atoms with Crippen molar-refractivity contribution in [1.82, 2.24) is 4.57 Å². The SMILES string of the molecule is Cn1c(O)c2cc(OCc3cccc(-c4ccc(C(F)(F)F)cc4)c3)ccc2c1CC(=O)O. The van der Waals surface area contributed by atoms with Crippen molar-refractivity contribution in [2.45, 2.75) is 19.2 Å². The summed E-state index contributed by atoms with van der Waals surface area (Å²) >= 11 is 0. The maximum Gasteiger partial charge on any atom is 0.416 e. The Morgan fingerprint density at radius 1 is 0.970 bits per heavy atom. The lowest BCUT2D eigenvalue weighted by Crippen LogP contribution is -2.05. The Morgan fingerprint density at radius 2 is 1.70 bits per heavy atom. The number of aliphatic carboxylic acids is 1. The van der Waals surface area contributed by atoms with Crippen LogP contribution in [0.15, 0.2) is 66.7 Å². The van der Waals surface area contributed by atoms with E-state index in [0.717, 1.165) is 23.3 Å². The quantitative estimate of drug-likeness (QED) is 0.387. The van der Waals surface area contributed by atoms with Gasteiger partial charge in [-0.05, 0) is 53.1 Å². The van der Waals surface area contributed by atoms with Gasteiger partial charge in [0.25, 0.3) is 0 Å². The fourth-order valence-corrected chi connectivity index (χ4v) is 3.76. The Hall–Kier alpha value is -3.94. The third-order valence-electron chi connectivity index (χ3n) is 5.46. The van der Waals surface area contributed by atoms with Crippen molar-refractivity contribution < 1.29 is 32.9 Å². The third-order valence-corrected chi connectivity index (χ3v) is 5.46. The molecule has 1 aromatic heterocycles. The molecule has 0 aliphatic carbocycles. The fourth-order valence-electron chi connectivity index (χ4n) is 3.76. The van der Waals surface area contributed by atoms with Gasteiger partial charge in [-0.3, -0.25) is 4.79 Å². The van der Waals surface area contributed by atoms with E-state index < -0.39 is 17.7 Å². The maximum atomic E-state index is 12.8. The molecule has 33 heavy (non-hydrogen) atoms. The Morgan fingerprint density at radius 3 is 2.36 bits per heavy atom. The van der Waals surface area contributed by atoms with E-state index in [1.807, 2.05) is 18.2 Å². The van der Waals surface area contributed by atoms with Crippen LogP contribution in [0.4, 0.5) is 13.2 Å². The van der Waals surface area contributed by atoms with Crippen LogP contribution in [0.25, 0.3) is 21.9 Å². The predicted molar refractivity (Wildman–Crippen MR) is 117 cm³/mol. The highest BCUT2D eigenvalue weighted by atomic mass is 19.4. The number of carboxylic acids is 1. The van der Waals surface area contributed by atoms with Crippen LogP contribution < -0.4 is 4.74 Å². The lowest BCUT2D eigenvalue weighted by molar-refractivity contribution is -0.138. The van der Waals surface area contributed by atoms with E-state index in [1.54, 1.807) is 31.3 Å². The molecule has 0 bridgehead atoms. The molecule has 0 saturated carbocycles. The Bertz CT molecular complexity index is 1320. The minimum Gasteiger partial charge on any atom is -0.494 e. The number of hydrogen-bond donors (Lipinski definition) is 2. The summed E-state index contributed by atoms with van der Waals surface area (Å²) in [4.78, 5) is 11.1. The van der Waals surface area contributed by atoms with Gasteiger partial charge >= 0.3 is 12.1 Å². The number of aromatic hydroxyl groups is 1. The average Bonchev–Trinajstić information content (AvgIpc) is 3.01. The molecule has 0 radical (unpaired) electrons. The van der Waals surface area contributed by atoms with E-state index in [1.165, 1.54) is 16.7 Å². The highest BCUT2D eigenvalue weighted by Gasteiger charge is 2.30. The van der Waals surface area contributed by atoms with E-state index in [2.05, 4.69) is 0 Å². The lowest BCUT2D eigenvalue weighted by atomic mass is 10.0. The summed E-state index contributed by atoms with van der Waals surface area (Å²) in [7, 11) is 1.60. The fraction of sp³-hybridized carbons (Fsp3) is 0.160. The van der Waals surface area contributed by atoms with Crippen molar-refractivity contribution in [2.24, 2.45) is 7.05 Å². The molecule has 0 atom stereocenters. The number of ether oxygens (including phenoxy) is 1. The molecular weight excluding hydrogens is 435 g/mol. The first kappa shape index (κ1) is 22.3. The molecule has 1 heterocycles. The predicted octanol–water partition coefficient (Wildman–Crippen LogP) is 5.78. The molecule has 4 rings (SSSR count). The number of fused-ring (bicyclic) bond motifs is 1. The van der Waals surface area contributed by atoms with Gasteiger partial charge in [0.05, 0.1) is 12.0 Å². The van der Waals surface area contributed by atoms with Crippen LogP contribution in [-0.4, -0.2) is 20.7 Å². The molecule has 0 spiro atoms. The van der Waals surface area contributed by atoms with E-state index in [-0.39, 0.29) is 18.9 Å². The first-order valence-electron chi connectivity index (χ1n) is 10.0. The van der Waals surface area contributed by atoms with Crippen molar-refractivity contribution >= 4 is 16.7 Å². The molecular formula is C25H20F3NO4. The minimum atomic E-state index is -4.38. The number of nitrogens with zero attached hydrogens (tertiary/aromatic N) is 1. The van der Waals surface area contributed by atoms with Crippen LogP contribution in [0, 0.1) is 0 Å². The van der Waals surface area contributed by atoms with Gasteiger partial charge < -0.3 is 19.5 Å². The largest absolute Gasteiger partial charge is 0.494 e. The molecule has 0 saturated heterocycles. The molecule has 5 nitrogen and oxygen atoms in total. The van der Waals surface area contributed by atoms with Crippen molar-refractivity contribution in [2.75, 3.05) is 0 Å². The Labute approximate surface area is 187 Å². The second-order valence-corrected chi connectivity index (χ2v) is 7.67. The summed E-state index contributed by atoms with van der Waals surface area (Å²) in [6.45, 7) is 0.204. The van der Waals surface area contributed by atoms with Crippen molar-refractivity contribution in [3.63, 3.8) is 0 Å².